The Morgan fingerprint density at radius 1 is 0.472 bits per heavy atom. The molecule has 0 aromatic rings. The van der Waals surface area contributed by atoms with Gasteiger partial charge in [-0.3, -0.25) is 9.59 Å². The molecule has 10 saturated heterocycles. The van der Waals surface area contributed by atoms with Crippen LogP contribution in [0.2, 0.25) is 0 Å². The predicted molar refractivity (Wildman–Crippen MR) is 450 cm³/mol. The van der Waals surface area contributed by atoms with Crippen molar-refractivity contribution in [3.63, 3.8) is 0 Å². The molecule has 10 fully saturated rings. The summed E-state index contributed by atoms with van der Waals surface area (Å²) in [7, 11) is 6.45. The number of carbonyl (C=O) groups excluding carboxylic acids is 2. The molecule has 28 nitrogen and oxygen atoms in total. The minimum absolute atomic E-state index is 0.00708. The summed E-state index contributed by atoms with van der Waals surface area (Å²) in [5, 5.41) is 68.4. The molecule has 2 aliphatic carbocycles. The third-order valence-electron chi connectivity index (χ3n) is 29.3. The van der Waals surface area contributed by atoms with Gasteiger partial charge in [0.05, 0.1) is 98.7 Å². The lowest BCUT2D eigenvalue weighted by molar-refractivity contribution is -0.341. The zero-order chi connectivity index (χ0) is 88.6. The Balaban J connectivity index is 0.000000212. The second kappa shape index (κ2) is 40.7. The molecule has 0 aromatic carbocycles. The summed E-state index contributed by atoms with van der Waals surface area (Å²) >= 11 is 0. The largest absolute Gasteiger partial charge is 0.462 e. The van der Waals surface area contributed by atoms with Crippen LogP contribution in [0.1, 0.15) is 207 Å². The molecular formula is C95H146O28. The van der Waals surface area contributed by atoms with E-state index < -0.39 is 182 Å². The van der Waals surface area contributed by atoms with E-state index >= 15 is 0 Å². The van der Waals surface area contributed by atoms with Crippen molar-refractivity contribution in [1.29, 1.82) is 0 Å². The second-order valence-corrected chi connectivity index (χ2v) is 38.6. The number of carbonyl (C=O) groups is 2. The summed E-state index contributed by atoms with van der Waals surface area (Å²) in [5.74, 6) is -4.25. The van der Waals surface area contributed by atoms with Crippen molar-refractivity contribution in [2.45, 2.75) is 402 Å². The first-order valence-electron chi connectivity index (χ1n) is 45.8. The van der Waals surface area contributed by atoms with Crippen molar-refractivity contribution in [3.8, 4) is 0 Å². The number of methoxy groups -OCH3 is 4. The third-order valence-corrected chi connectivity index (χ3v) is 29.3. The SMILES string of the molecule is CCC(C)[C@H]1O[C@]2(CC[C@@H]1C)CC1C[C@@H](C/C=C(\C)[C@@H](O[C@H]3C[C@H](OC)[C@@H](OC4C[C@H](OC)[C@@H](O)[C@H](C)O4)[C@H](C)O3)[C@@H](C)/C=C/C=C3\CO[C@@H]4[C@H](O)C(C)=C[C@@H](C(=O)O1)[C@]34O)O2.CO[C@H]1CC(O[C@H]2[C@H](C)O[C@@H](O[C@@H]3/C(C)=C/C[C@@H]4CC(C[C@]5(CC[C@H](C)[C@@H](C(C)C)O5)O4)OC(=O)[C@@H]4C=C(C)[C@@H](O)[C@H]5OC/C(=C\C=C\[C@@H]3C)[C@]54O)C[C@@H]2OC)O[C@@H](C)[C@@H]1O. The summed E-state index contributed by atoms with van der Waals surface area (Å²) in [6.45, 7) is 32.5. The number of hydrogen-bond acceptors (Lipinski definition) is 28. The highest BCUT2D eigenvalue weighted by Gasteiger charge is 2.63. The van der Waals surface area contributed by atoms with E-state index in [0.29, 0.717) is 117 Å². The molecular weight excluding hydrogens is 1590 g/mol. The van der Waals surface area contributed by atoms with Crippen LogP contribution in [-0.2, 0) is 104 Å². The van der Waals surface area contributed by atoms with E-state index in [1.54, 1.807) is 80.4 Å². The van der Waals surface area contributed by atoms with Gasteiger partial charge in [-0.15, -0.1) is 0 Å². The number of esters is 2. The molecule has 123 heavy (non-hydrogen) atoms. The van der Waals surface area contributed by atoms with Crippen LogP contribution in [0.25, 0.3) is 0 Å². The van der Waals surface area contributed by atoms with Gasteiger partial charge in [0.1, 0.15) is 84.1 Å². The molecule has 12 aliphatic heterocycles. The molecule has 4 bridgehead atoms. The van der Waals surface area contributed by atoms with E-state index in [0.717, 1.165) is 30.4 Å². The maximum Gasteiger partial charge on any atom is 0.316 e. The van der Waals surface area contributed by atoms with Crippen molar-refractivity contribution in [2.75, 3.05) is 41.7 Å². The number of allylic oxidation sites excluding steroid dienone is 4. The zero-order valence-corrected chi connectivity index (χ0v) is 76.2. The van der Waals surface area contributed by atoms with Crippen molar-refractivity contribution < 1.29 is 135 Å². The summed E-state index contributed by atoms with van der Waals surface area (Å²) in [6.07, 6.45) is 12.1. The number of fused-ring (bicyclic) bond motifs is 4. The maximum absolute atomic E-state index is 14.4. The molecule has 694 valence electrons. The lowest BCUT2D eigenvalue weighted by Crippen LogP contribution is -2.58. The minimum atomic E-state index is -1.82. The molecule has 0 saturated carbocycles. The number of hydrogen-bond donors (Lipinski definition) is 6. The van der Waals surface area contributed by atoms with Gasteiger partial charge in [0.15, 0.2) is 36.7 Å². The fourth-order valence-corrected chi connectivity index (χ4v) is 21.8. The lowest BCUT2D eigenvalue weighted by Gasteiger charge is -2.51. The van der Waals surface area contributed by atoms with Gasteiger partial charge in [0.25, 0.3) is 0 Å². The average Bonchev–Trinajstić information content (AvgIpc) is 1.61. The van der Waals surface area contributed by atoms with E-state index in [-0.39, 0.29) is 67.6 Å². The molecule has 14 rings (SSSR count). The van der Waals surface area contributed by atoms with Crippen LogP contribution in [0, 0.1) is 47.3 Å². The van der Waals surface area contributed by atoms with Crippen LogP contribution in [0.3, 0.4) is 0 Å². The Labute approximate surface area is 728 Å². The van der Waals surface area contributed by atoms with Crippen LogP contribution in [0.5, 0.6) is 0 Å². The Morgan fingerprint density at radius 3 is 1.24 bits per heavy atom. The van der Waals surface area contributed by atoms with Crippen LogP contribution < -0.4 is 0 Å². The Hall–Kier alpha value is -4.10. The fourth-order valence-electron chi connectivity index (χ4n) is 21.8. The predicted octanol–water partition coefficient (Wildman–Crippen LogP) is 10.8. The standard InChI is InChI=1S/C48H74O14.C47H72O14/c1-11-25(2)43-28(5)17-18-47(62-43)23-34-20-33(61-47)16-15-27(4)42(26(3)13-12-14-32-24-55-45-40(49)29(6)19-35(46(51)58-34)48(32,45)52)59-39-22-37(54-10)44(31(8)57-39)60-38-21-36(53-9)41(50)30(7)56-38;1-24(2)41-27(5)16-17-46(61-41)22-33-19-32(60-46)15-14-26(4)42(25(3)12-11-13-31-23-54-44-39(48)28(6)18-34(45(50)57-33)47(31,44)51)58-38-21-36(53-10)43(30(8)56-38)59-37-20-35(52-9)40(49)29(7)55-37/h12-15,19,25-26,28,30-31,33-45,49-50,52H,11,16-18,20-24H2,1-10H3;11-14,18,24-25,27,29-30,32-44,48-49,51H,15-17,19-23H2,1-10H3/b13-12+,27-15+,32-14+;12-11+,26-14+,31-13+/t25?,26-,28-,30-,31-,33+,34?,35-,36-,37-,38?,39-,40+,41-,42-,43+,44-,45+,47+,48+;25-,27-,29-,30-,32+,33?,34-,35-,36-,37?,38-,39+,40-,41+,42-,43-,44+,46+,47+/m00/s1. The van der Waals surface area contributed by atoms with Crippen LogP contribution in [0.15, 0.2) is 94.2 Å². The van der Waals surface area contributed by atoms with Crippen LogP contribution in [0.4, 0.5) is 0 Å². The van der Waals surface area contributed by atoms with E-state index in [4.69, 9.17) is 94.7 Å². The van der Waals surface area contributed by atoms with Gasteiger partial charge < -0.3 is 125 Å². The molecule has 39 atom stereocenters. The number of rotatable bonds is 15. The first-order valence-corrected chi connectivity index (χ1v) is 45.8. The second-order valence-electron chi connectivity index (χ2n) is 38.6. The van der Waals surface area contributed by atoms with E-state index in [2.05, 4.69) is 81.4 Å². The number of aliphatic hydroxyl groups is 6. The van der Waals surface area contributed by atoms with E-state index in [1.165, 1.54) is 0 Å². The summed E-state index contributed by atoms with van der Waals surface area (Å²) in [4.78, 5) is 28.7. The molecule has 2 spiro atoms. The van der Waals surface area contributed by atoms with Crippen LogP contribution in [-0.4, -0.2) is 279 Å². The number of ether oxygens (including phenoxy) is 20. The Morgan fingerprint density at radius 2 is 0.846 bits per heavy atom. The third kappa shape index (κ3) is 20.8. The van der Waals surface area contributed by atoms with Crippen molar-refractivity contribution in [2.24, 2.45) is 47.3 Å². The smallest absolute Gasteiger partial charge is 0.316 e. The normalized spacial score (nSPS) is 49.5. The Kier molecular flexibility index (Phi) is 31.9. The molecule has 0 aromatic heterocycles. The van der Waals surface area contributed by atoms with Gasteiger partial charge in [-0.2, -0.15) is 0 Å². The van der Waals surface area contributed by atoms with E-state index in [9.17, 15) is 40.2 Å². The molecule has 5 unspecified atom stereocenters. The van der Waals surface area contributed by atoms with Crippen LogP contribution >= 0.6 is 0 Å². The highest BCUT2D eigenvalue weighted by Crippen LogP contribution is 2.52. The van der Waals surface area contributed by atoms with Gasteiger partial charge in [-0.05, 0) is 138 Å². The molecule has 6 N–H and O–H groups in total. The molecule has 28 heteroatoms. The minimum Gasteiger partial charge on any atom is -0.462 e. The highest BCUT2D eigenvalue weighted by molar-refractivity contribution is 5.79. The molecule has 12 heterocycles. The summed E-state index contributed by atoms with van der Waals surface area (Å²) in [6, 6.07) is 0. The van der Waals surface area contributed by atoms with Gasteiger partial charge in [-0.25, -0.2) is 0 Å². The Bertz CT molecular complexity index is 3810. The zero-order valence-electron chi connectivity index (χ0n) is 76.2. The summed E-state index contributed by atoms with van der Waals surface area (Å²) < 4.78 is 128. The lowest BCUT2D eigenvalue weighted by atomic mass is 9.71. The molecule has 14 aliphatic rings. The van der Waals surface area contributed by atoms with Crippen molar-refractivity contribution >= 4 is 11.9 Å². The quantitative estimate of drug-likeness (QED) is 0.0655. The average molecular weight is 1740 g/mol. The molecule has 0 radical (unpaired) electrons. The maximum atomic E-state index is 14.4. The van der Waals surface area contributed by atoms with Gasteiger partial charge in [-0.1, -0.05) is 123 Å². The van der Waals surface area contributed by atoms with Gasteiger partial charge in [0.2, 0.25) is 0 Å². The van der Waals surface area contributed by atoms with Gasteiger partial charge in [0, 0.05) is 104 Å². The first kappa shape index (κ1) is 96.5. The first-order chi connectivity index (χ1) is 58.5. The van der Waals surface area contributed by atoms with E-state index in [1.807, 2.05) is 38.2 Å². The van der Waals surface area contributed by atoms with Crippen molar-refractivity contribution in [3.05, 3.63) is 94.2 Å². The topological polar surface area (TPSA) is 340 Å². The number of aliphatic hydroxyl groups excluding tert-OH is 4. The monoisotopic (exact) mass is 1740 g/mol. The highest BCUT2D eigenvalue weighted by atomic mass is 16.8. The summed E-state index contributed by atoms with van der Waals surface area (Å²) in [5.41, 5.74) is 0.372. The van der Waals surface area contributed by atoms with Gasteiger partial charge >= 0.3 is 11.9 Å². The molecule has 0 amide bonds. The van der Waals surface area contributed by atoms with Crippen molar-refractivity contribution in [1.82, 2.24) is 0 Å². The fraction of sp³-hybridized carbons (Fsp3) is 0.811.